The average Bonchev–Trinajstić information content (AvgIpc) is 3.18. The normalized spacial score (nSPS) is 19.5. The number of aromatic nitrogens is 1. The molecule has 4 rings (SSSR count). The molecular weight excluding hydrogens is 556 g/mol. The first-order chi connectivity index (χ1) is 17.8. The number of thiazole rings is 1. The lowest BCUT2D eigenvalue weighted by Crippen LogP contribution is -2.48. The third-order valence-electron chi connectivity index (χ3n) is 5.82. The molecule has 0 radical (unpaired) electrons. The maximum Gasteiger partial charge on any atom is 0.325 e. The zero-order valence-electron chi connectivity index (χ0n) is 20.7. The van der Waals surface area contributed by atoms with Gasteiger partial charge in [-0.2, -0.15) is 9.30 Å². The van der Waals surface area contributed by atoms with E-state index in [1.807, 2.05) is 0 Å². The van der Waals surface area contributed by atoms with E-state index in [-0.39, 0.29) is 52.0 Å². The molecule has 3 aromatic rings. The summed E-state index contributed by atoms with van der Waals surface area (Å²) < 4.78 is 63.3. The number of ether oxygens (including phenoxy) is 2. The van der Waals surface area contributed by atoms with Gasteiger partial charge in [-0.25, -0.2) is 22.0 Å². The minimum absolute atomic E-state index is 0.0356. The zero-order chi connectivity index (χ0) is 27.8. The van der Waals surface area contributed by atoms with Gasteiger partial charge in [0, 0.05) is 18.7 Å². The minimum atomic E-state index is -3.97. The molecule has 0 bridgehead atoms. The van der Waals surface area contributed by atoms with Crippen molar-refractivity contribution in [2.45, 2.75) is 42.4 Å². The molecule has 2 unspecified atom stereocenters. The predicted molar refractivity (Wildman–Crippen MR) is 138 cm³/mol. The summed E-state index contributed by atoms with van der Waals surface area (Å²) >= 11 is 0.989. The van der Waals surface area contributed by atoms with Crippen LogP contribution in [0.5, 0.6) is 0 Å². The van der Waals surface area contributed by atoms with Crippen LogP contribution in [0.4, 0.5) is 0 Å². The molecule has 2 N–H and O–H groups in total. The molecule has 15 heteroatoms. The summed E-state index contributed by atoms with van der Waals surface area (Å²) in [4.78, 5) is 29.2. The smallest absolute Gasteiger partial charge is 0.325 e. The van der Waals surface area contributed by atoms with Gasteiger partial charge in [0.2, 0.25) is 20.0 Å². The largest absolute Gasteiger partial charge is 0.468 e. The second-order valence-corrected chi connectivity index (χ2v) is 13.3. The van der Waals surface area contributed by atoms with Crippen LogP contribution in [0.15, 0.2) is 57.2 Å². The Bertz CT molecular complexity index is 1670. The van der Waals surface area contributed by atoms with Gasteiger partial charge in [-0.05, 0) is 56.3 Å². The van der Waals surface area contributed by atoms with Crippen molar-refractivity contribution < 1.29 is 35.9 Å². The van der Waals surface area contributed by atoms with Gasteiger partial charge in [-0.1, -0.05) is 11.3 Å². The fraction of sp³-hybridized carbons (Fsp3) is 0.348. The molecule has 1 saturated heterocycles. The van der Waals surface area contributed by atoms with Crippen molar-refractivity contribution in [2.24, 2.45) is 10.1 Å². The number of rotatable bonds is 6. The zero-order valence-corrected chi connectivity index (χ0v) is 23.2. The summed E-state index contributed by atoms with van der Waals surface area (Å²) in [7, 11) is -6.55. The Morgan fingerprint density at radius 1 is 1.05 bits per heavy atom. The lowest BCUT2D eigenvalue weighted by atomic mass is 10.2. The first-order valence-electron chi connectivity index (χ1n) is 11.4. The summed E-state index contributed by atoms with van der Waals surface area (Å²) in [6, 6.07) is 9.50. The van der Waals surface area contributed by atoms with Gasteiger partial charge in [-0.15, -0.1) is 0 Å². The summed E-state index contributed by atoms with van der Waals surface area (Å²) in [5.74, 6) is -1.28. The third kappa shape index (κ3) is 5.87. The van der Waals surface area contributed by atoms with Gasteiger partial charge in [-0.3, -0.25) is 9.59 Å². The van der Waals surface area contributed by atoms with Gasteiger partial charge in [0.05, 0.1) is 39.3 Å². The quantitative estimate of drug-likeness (QED) is 0.421. The molecular formula is C23H26N4O8S3. The van der Waals surface area contributed by atoms with Crippen molar-refractivity contribution in [1.29, 1.82) is 0 Å². The molecule has 38 heavy (non-hydrogen) atoms. The Labute approximate surface area is 223 Å². The van der Waals surface area contributed by atoms with Crippen LogP contribution in [0.2, 0.25) is 0 Å². The highest BCUT2D eigenvalue weighted by Crippen LogP contribution is 2.23. The number of morpholine rings is 1. The number of sulfonamides is 2. The van der Waals surface area contributed by atoms with Crippen LogP contribution in [0.25, 0.3) is 10.2 Å². The lowest BCUT2D eigenvalue weighted by molar-refractivity contribution is -0.141. The number of carbonyl (C=O) groups excluding carboxylic acids is 2. The van der Waals surface area contributed by atoms with Crippen LogP contribution in [-0.2, 0) is 40.9 Å². The predicted octanol–water partition coefficient (Wildman–Crippen LogP) is 1.06. The van der Waals surface area contributed by atoms with Crippen LogP contribution in [0.3, 0.4) is 0 Å². The Morgan fingerprint density at radius 3 is 2.24 bits per heavy atom. The summed E-state index contributed by atoms with van der Waals surface area (Å²) in [5, 5.41) is 5.22. The maximum absolute atomic E-state index is 13.1. The topological polar surface area (TPSA) is 167 Å². The second kappa shape index (κ2) is 10.7. The molecule has 2 aromatic carbocycles. The molecule has 1 fully saturated rings. The molecule has 2 atom stereocenters. The SMILES string of the molecule is COC(=O)Cn1c(=NC(=O)c2ccc(S(=O)(=O)N3CC(C)OC(C)C3)cc2)sc2cc(S(N)(=O)=O)ccc21. The number of nitrogens with zero attached hydrogens (tertiary/aromatic N) is 3. The molecule has 0 aliphatic carbocycles. The number of benzene rings is 2. The van der Waals surface area contributed by atoms with Gasteiger partial charge in [0.15, 0.2) is 4.80 Å². The first kappa shape index (κ1) is 28.1. The highest BCUT2D eigenvalue weighted by molar-refractivity contribution is 7.89. The number of hydrogen-bond donors (Lipinski definition) is 1. The Morgan fingerprint density at radius 2 is 1.66 bits per heavy atom. The molecule has 12 nitrogen and oxygen atoms in total. The highest BCUT2D eigenvalue weighted by Gasteiger charge is 2.32. The third-order valence-corrected chi connectivity index (χ3v) is 9.62. The Kier molecular flexibility index (Phi) is 7.88. The highest BCUT2D eigenvalue weighted by atomic mass is 32.2. The Hall–Kier alpha value is -2.95. The van der Waals surface area contributed by atoms with E-state index in [0.29, 0.717) is 10.2 Å². The average molecular weight is 583 g/mol. The van der Waals surface area contributed by atoms with Crippen molar-refractivity contribution >= 4 is 53.5 Å². The molecule has 1 aromatic heterocycles. The molecule has 1 aliphatic heterocycles. The fourth-order valence-corrected chi connectivity index (χ4v) is 7.33. The molecule has 0 saturated carbocycles. The van der Waals surface area contributed by atoms with Crippen LogP contribution in [0.1, 0.15) is 24.2 Å². The van der Waals surface area contributed by atoms with Crippen molar-refractivity contribution in [3.63, 3.8) is 0 Å². The van der Waals surface area contributed by atoms with Crippen LogP contribution in [0, 0.1) is 0 Å². The fourth-order valence-electron chi connectivity index (χ4n) is 4.06. The van der Waals surface area contributed by atoms with Gasteiger partial charge < -0.3 is 14.0 Å². The van der Waals surface area contributed by atoms with Crippen LogP contribution >= 0.6 is 11.3 Å². The number of primary sulfonamides is 1. The van der Waals surface area contributed by atoms with E-state index >= 15 is 0 Å². The number of carbonyl (C=O) groups is 2. The number of hydrogen-bond acceptors (Lipinski definition) is 9. The van der Waals surface area contributed by atoms with Gasteiger partial charge >= 0.3 is 5.97 Å². The van der Waals surface area contributed by atoms with E-state index in [4.69, 9.17) is 14.6 Å². The van der Waals surface area contributed by atoms with E-state index in [2.05, 4.69) is 4.99 Å². The van der Waals surface area contributed by atoms with E-state index in [1.165, 1.54) is 58.4 Å². The van der Waals surface area contributed by atoms with E-state index in [0.717, 1.165) is 11.3 Å². The van der Waals surface area contributed by atoms with Crippen LogP contribution in [-0.4, -0.2) is 70.0 Å². The summed E-state index contributed by atoms with van der Waals surface area (Å²) in [6.07, 6.45) is -0.487. The van der Waals surface area contributed by atoms with Crippen molar-refractivity contribution in [3.05, 3.63) is 52.8 Å². The lowest BCUT2D eigenvalue weighted by Gasteiger charge is -2.34. The molecule has 2 heterocycles. The van der Waals surface area contributed by atoms with Crippen molar-refractivity contribution in [2.75, 3.05) is 20.2 Å². The number of methoxy groups -OCH3 is 1. The van der Waals surface area contributed by atoms with Crippen molar-refractivity contribution in [3.8, 4) is 0 Å². The van der Waals surface area contributed by atoms with Crippen molar-refractivity contribution in [1.82, 2.24) is 8.87 Å². The standard InChI is InChI=1S/C23H26N4O8S3/c1-14-11-26(12-15(2)35-14)38(32,33)17-6-4-16(5-7-17)22(29)25-23-27(13-21(28)34-3)19-9-8-18(37(24,30)31)10-20(19)36-23/h4-10,14-15H,11-13H2,1-3H3,(H2,24,30,31). The first-order valence-corrected chi connectivity index (χ1v) is 15.2. The molecule has 0 spiro atoms. The number of amides is 1. The second-order valence-electron chi connectivity index (χ2n) is 8.74. The molecule has 1 amide bonds. The molecule has 204 valence electrons. The van der Waals surface area contributed by atoms with E-state index in [1.54, 1.807) is 13.8 Å². The monoisotopic (exact) mass is 582 g/mol. The van der Waals surface area contributed by atoms with E-state index < -0.39 is 31.9 Å². The number of fused-ring (bicyclic) bond motifs is 1. The van der Waals surface area contributed by atoms with Gasteiger partial charge in [0.25, 0.3) is 5.91 Å². The maximum atomic E-state index is 13.1. The van der Waals surface area contributed by atoms with E-state index in [9.17, 15) is 26.4 Å². The number of esters is 1. The van der Waals surface area contributed by atoms with Gasteiger partial charge in [0.1, 0.15) is 6.54 Å². The summed E-state index contributed by atoms with van der Waals surface area (Å²) in [5.41, 5.74) is 0.578. The Balaban J connectivity index is 1.69. The molecule has 1 aliphatic rings. The summed E-state index contributed by atoms with van der Waals surface area (Å²) in [6.45, 7) is 3.78. The number of nitrogens with two attached hydrogens (primary N) is 1. The minimum Gasteiger partial charge on any atom is -0.468 e. The van der Waals surface area contributed by atoms with Crippen LogP contribution < -0.4 is 9.94 Å².